The molecule has 0 aliphatic rings. The highest BCUT2D eigenvalue weighted by Crippen LogP contribution is 2.21. The fourth-order valence-corrected chi connectivity index (χ4v) is 2.68. The maximum Gasteiger partial charge on any atom is 0.341 e. The molecule has 21 heavy (non-hydrogen) atoms. The molecule has 1 aromatic carbocycles. The van der Waals surface area contributed by atoms with E-state index in [1.165, 1.54) is 18.6 Å². The normalized spacial score (nSPS) is 11.5. The van der Waals surface area contributed by atoms with E-state index < -0.39 is 38.1 Å². The summed E-state index contributed by atoms with van der Waals surface area (Å²) in [7, 11) is -4.34. The summed E-state index contributed by atoms with van der Waals surface area (Å²) < 4.78 is 57.8. The van der Waals surface area contributed by atoms with Gasteiger partial charge in [-0.1, -0.05) is 0 Å². The average molecular weight is 317 g/mol. The molecule has 2 N–H and O–H groups in total. The minimum atomic E-state index is -4.34. The monoisotopic (exact) mass is 317 g/mol. The Kier molecular flexibility index (Phi) is 4.05. The van der Waals surface area contributed by atoms with Gasteiger partial charge in [0.2, 0.25) is 10.0 Å². The molecular formula is C12H9F2NO5S. The second-order valence-electron chi connectivity index (χ2n) is 4.00. The first-order valence-corrected chi connectivity index (χ1v) is 7.03. The lowest BCUT2D eigenvalue weighted by molar-refractivity contribution is 0.0685. The molecule has 2 aromatic rings. The Bertz CT molecular complexity index is 771. The van der Waals surface area contributed by atoms with Crippen molar-refractivity contribution in [3.05, 3.63) is 53.5 Å². The van der Waals surface area contributed by atoms with Gasteiger partial charge in [0, 0.05) is 12.1 Å². The first-order valence-electron chi connectivity index (χ1n) is 5.55. The fourth-order valence-electron chi connectivity index (χ4n) is 1.59. The zero-order chi connectivity index (χ0) is 15.6. The number of hydrogen-bond donors (Lipinski definition) is 2. The van der Waals surface area contributed by atoms with Crippen molar-refractivity contribution in [2.24, 2.45) is 0 Å². The highest BCUT2D eigenvalue weighted by atomic mass is 32.2. The Balaban J connectivity index is 2.36. The summed E-state index contributed by atoms with van der Waals surface area (Å²) in [5, 5.41) is 8.71. The van der Waals surface area contributed by atoms with Crippen LogP contribution in [-0.4, -0.2) is 19.5 Å². The van der Waals surface area contributed by atoms with Gasteiger partial charge in [0.1, 0.15) is 16.3 Å². The van der Waals surface area contributed by atoms with Crippen molar-refractivity contribution in [2.75, 3.05) is 0 Å². The molecule has 0 saturated heterocycles. The van der Waals surface area contributed by atoms with E-state index in [0.717, 1.165) is 0 Å². The Labute approximate surface area is 118 Å². The Morgan fingerprint density at radius 2 is 2.00 bits per heavy atom. The van der Waals surface area contributed by atoms with E-state index in [4.69, 9.17) is 9.52 Å². The number of halogens is 2. The molecule has 6 nitrogen and oxygen atoms in total. The lowest BCUT2D eigenvalue weighted by atomic mass is 10.2. The predicted octanol–water partition coefficient (Wildman–Crippen LogP) is 1.73. The van der Waals surface area contributed by atoms with E-state index in [0.29, 0.717) is 17.7 Å². The largest absolute Gasteiger partial charge is 0.477 e. The molecule has 0 aliphatic heterocycles. The van der Waals surface area contributed by atoms with Crippen molar-refractivity contribution in [3.63, 3.8) is 0 Å². The van der Waals surface area contributed by atoms with Crippen LogP contribution >= 0.6 is 0 Å². The maximum absolute atomic E-state index is 13.9. The van der Waals surface area contributed by atoms with Crippen molar-refractivity contribution < 1.29 is 31.5 Å². The van der Waals surface area contributed by atoms with Gasteiger partial charge in [0.15, 0.2) is 5.82 Å². The van der Waals surface area contributed by atoms with Gasteiger partial charge in [0.05, 0.1) is 12.5 Å². The first-order chi connectivity index (χ1) is 9.83. The second-order valence-corrected chi connectivity index (χ2v) is 5.73. The third-order valence-electron chi connectivity index (χ3n) is 2.61. The van der Waals surface area contributed by atoms with E-state index in [1.54, 1.807) is 0 Å². The molecule has 0 amide bonds. The van der Waals surface area contributed by atoms with Gasteiger partial charge in [-0.15, -0.1) is 0 Å². The highest BCUT2D eigenvalue weighted by Gasteiger charge is 2.26. The summed E-state index contributed by atoms with van der Waals surface area (Å²) in [4.78, 5) is 9.82. The van der Waals surface area contributed by atoms with Gasteiger partial charge in [-0.05, 0) is 18.2 Å². The van der Waals surface area contributed by atoms with Crippen molar-refractivity contribution in [2.45, 2.75) is 11.4 Å². The summed E-state index contributed by atoms with van der Waals surface area (Å²) in [6.45, 7) is -0.182. The lowest BCUT2D eigenvalue weighted by Gasteiger charge is -2.08. The second kappa shape index (κ2) is 5.62. The van der Waals surface area contributed by atoms with Crippen LogP contribution in [0, 0.1) is 11.6 Å². The summed E-state index contributed by atoms with van der Waals surface area (Å²) in [6.07, 6.45) is 2.61. The molecule has 0 bridgehead atoms. The molecular weight excluding hydrogens is 308 g/mol. The number of carboxylic acids is 1. The van der Waals surface area contributed by atoms with Gasteiger partial charge < -0.3 is 9.52 Å². The van der Waals surface area contributed by atoms with E-state index in [2.05, 4.69) is 4.72 Å². The number of furan rings is 1. The van der Waals surface area contributed by atoms with Crippen LogP contribution in [0.5, 0.6) is 0 Å². The molecule has 0 aliphatic carbocycles. The quantitative estimate of drug-likeness (QED) is 0.875. The molecule has 0 spiro atoms. The molecule has 112 valence electrons. The van der Waals surface area contributed by atoms with E-state index in [1.807, 2.05) is 0 Å². The van der Waals surface area contributed by atoms with Crippen LogP contribution in [0.1, 0.15) is 15.9 Å². The Morgan fingerprint density at radius 1 is 1.29 bits per heavy atom. The zero-order valence-corrected chi connectivity index (χ0v) is 11.2. The summed E-state index contributed by atoms with van der Waals surface area (Å²) in [5.74, 6) is -4.90. The number of carbonyl (C=O) groups is 1. The summed E-state index contributed by atoms with van der Waals surface area (Å²) in [6, 6.07) is 2.74. The molecule has 2 rings (SSSR count). The van der Waals surface area contributed by atoms with Crippen molar-refractivity contribution >= 4 is 16.0 Å². The van der Waals surface area contributed by atoms with Gasteiger partial charge in [-0.2, -0.15) is 0 Å². The van der Waals surface area contributed by atoms with Gasteiger partial charge in [-0.3, -0.25) is 0 Å². The third kappa shape index (κ3) is 3.09. The SMILES string of the molecule is O=C(O)c1c(F)ccc(S(=O)(=O)NCc2ccoc2)c1F. The smallest absolute Gasteiger partial charge is 0.341 e. The molecule has 0 radical (unpaired) electrons. The van der Waals surface area contributed by atoms with Gasteiger partial charge >= 0.3 is 5.97 Å². The van der Waals surface area contributed by atoms with Crippen molar-refractivity contribution in [1.82, 2.24) is 4.72 Å². The van der Waals surface area contributed by atoms with Crippen molar-refractivity contribution in [1.29, 1.82) is 0 Å². The molecule has 1 heterocycles. The van der Waals surface area contributed by atoms with Gasteiger partial charge in [0.25, 0.3) is 0 Å². The van der Waals surface area contributed by atoms with E-state index >= 15 is 0 Å². The van der Waals surface area contributed by atoms with E-state index in [-0.39, 0.29) is 6.54 Å². The zero-order valence-electron chi connectivity index (χ0n) is 10.3. The fraction of sp³-hybridized carbons (Fsp3) is 0.0833. The number of sulfonamides is 1. The molecule has 0 unspecified atom stereocenters. The van der Waals surface area contributed by atoms with Crippen LogP contribution in [0.15, 0.2) is 40.0 Å². The average Bonchev–Trinajstić information content (AvgIpc) is 2.88. The molecule has 9 heteroatoms. The van der Waals surface area contributed by atoms with E-state index in [9.17, 15) is 22.0 Å². The lowest BCUT2D eigenvalue weighted by Crippen LogP contribution is -2.25. The minimum Gasteiger partial charge on any atom is -0.477 e. The highest BCUT2D eigenvalue weighted by molar-refractivity contribution is 7.89. The van der Waals surface area contributed by atoms with Crippen molar-refractivity contribution in [3.8, 4) is 0 Å². The topological polar surface area (TPSA) is 96.6 Å². The van der Waals surface area contributed by atoms with Crippen LogP contribution < -0.4 is 4.72 Å². The number of carboxylic acid groups (broad SMARTS) is 1. The molecule has 0 saturated carbocycles. The van der Waals surface area contributed by atoms with Gasteiger partial charge in [-0.25, -0.2) is 26.7 Å². The number of benzene rings is 1. The molecule has 0 atom stereocenters. The number of nitrogens with one attached hydrogen (secondary N) is 1. The Hall–Kier alpha value is -2.26. The van der Waals surface area contributed by atoms with Crippen LogP contribution in [0.4, 0.5) is 8.78 Å². The standard InChI is InChI=1S/C12H9F2NO5S/c13-8-1-2-9(11(14)10(8)12(16)17)21(18,19)15-5-7-3-4-20-6-7/h1-4,6,15H,5H2,(H,16,17). The number of hydrogen-bond acceptors (Lipinski definition) is 4. The van der Waals surface area contributed by atoms with Crippen LogP contribution in [-0.2, 0) is 16.6 Å². The maximum atomic E-state index is 13.9. The third-order valence-corrected chi connectivity index (χ3v) is 4.02. The summed E-state index contributed by atoms with van der Waals surface area (Å²) >= 11 is 0. The molecule has 1 aromatic heterocycles. The number of rotatable bonds is 5. The number of aromatic carboxylic acids is 1. The van der Waals surface area contributed by atoms with Crippen LogP contribution in [0.25, 0.3) is 0 Å². The molecule has 0 fully saturated rings. The first kappa shape index (κ1) is 15.1. The predicted molar refractivity (Wildman–Crippen MR) is 66.1 cm³/mol. The summed E-state index contributed by atoms with van der Waals surface area (Å²) in [5.41, 5.74) is -0.833. The Morgan fingerprint density at radius 3 is 2.57 bits per heavy atom. The van der Waals surface area contributed by atoms with Crippen LogP contribution in [0.3, 0.4) is 0 Å². The van der Waals surface area contributed by atoms with Crippen LogP contribution in [0.2, 0.25) is 0 Å². The minimum absolute atomic E-state index is 0.182.